The predicted octanol–water partition coefficient (Wildman–Crippen LogP) is 6.02. The zero-order valence-electron chi connectivity index (χ0n) is 21.3. The summed E-state index contributed by atoms with van der Waals surface area (Å²) in [6, 6.07) is 25.7. The van der Waals surface area contributed by atoms with Crippen molar-refractivity contribution in [3.8, 4) is 5.75 Å². The van der Waals surface area contributed by atoms with E-state index in [1.807, 2.05) is 73.7 Å². The van der Waals surface area contributed by atoms with Crippen molar-refractivity contribution in [3.63, 3.8) is 0 Å². The van der Waals surface area contributed by atoms with Crippen LogP contribution < -0.4 is 9.64 Å². The van der Waals surface area contributed by atoms with Crippen LogP contribution in [0.25, 0.3) is 0 Å². The molecule has 37 heavy (non-hydrogen) atoms. The summed E-state index contributed by atoms with van der Waals surface area (Å²) in [4.78, 5) is 31.0. The third-order valence-corrected chi connectivity index (χ3v) is 8.11. The van der Waals surface area contributed by atoms with Gasteiger partial charge in [-0.25, -0.2) is 9.69 Å². The Kier molecular flexibility index (Phi) is 5.55. The van der Waals surface area contributed by atoms with E-state index >= 15 is 0 Å². The number of carbonyl (C=O) groups is 2. The summed E-state index contributed by atoms with van der Waals surface area (Å²) >= 11 is 0. The smallest absolute Gasteiger partial charge is 0.421 e. The summed E-state index contributed by atoms with van der Waals surface area (Å²) < 4.78 is 11.6. The minimum absolute atomic E-state index is 0.0217. The van der Waals surface area contributed by atoms with Crippen molar-refractivity contribution in [1.82, 2.24) is 4.90 Å². The zero-order valence-corrected chi connectivity index (χ0v) is 21.3. The second-order valence-electron chi connectivity index (χ2n) is 10.3. The maximum Gasteiger partial charge on any atom is 0.421 e. The van der Waals surface area contributed by atoms with Gasteiger partial charge in [0.25, 0.3) is 0 Å². The van der Waals surface area contributed by atoms with Crippen LogP contribution in [-0.4, -0.2) is 29.7 Å². The first kappa shape index (κ1) is 23.3. The molecule has 0 N–H and O–H groups in total. The fourth-order valence-electron chi connectivity index (χ4n) is 6.05. The standard InChI is InChI=1S/C31H30N2O4/c1-20-9-13-24(14-10-20)33-28-17-26(23-7-5-4-6-8-23)21(2)27-18-31(28,37-30(33)35)32(29(27)34)19-22-11-15-25(36-3)16-12-22/h4-17,21,26-27H,18-19H2,1-3H3/t21-,26+,27+,31+/m1/s1. The molecule has 3 aromatic carbocycles. The molecule has 2 heterocycles. The molecule has 1 aliphatic carbocycles. The van der Waals surface area contributed by atoms with Crippen LogP contribution in [0.4, 0.5) is 10.5 Å². The molecule has 4 atom stereocenters. The lowest BCUT2D eigenvalue weighted by Crippen LogP contribution is -2.47. The van der Waals surface area contributed by atoms with E-state index in [1.54, 1.807) is 16.9 Å². The topological polar surface area (TPSA) is 59.1 Å². The first-order chi connectivity index (χ1) is 17.9. The number of allylic oxidation sites excluding steroid dienone is 1. The molecule has 6 rings (SSSR count). The van der Waals surface area contributed by atoms with Crippen molar-refractivity contribution >= 4 is 17.7 Å². The molecule has 2 saturated heterocycles. The fourth-order valence-corrected chi connectivity index (χ4v) is 6.05. The van der Waals surface area contributed by atoms with Gasteiger partial charge in [-0.1, -0.05) is 73.2 Å². The normalized spacial score (nSPS) is 26.5. The minimum Gasteiger partial charge on any atom is -0.497 e. The van der Waals surface area contributed by atoms with E-state index in [0.717, 1.165) is 33.8 Å². The highest BCUT2D eigenvalue weighted by molar-refractivity contribution is 5.97. The molecular weight excluding hydrogens is 464 g/mol. The van der Waals surface area contributed by atoms with Gasteiger partial charge < -0.3 is 9.47 Å². The van der Waals surface area contributed by atoms with E-state index < -0.39 is 11.8 Å². The van der Waals surface area contributed by atoms with Gasteiger partial charge >= 0.3 is 6.09 Å². The quantitative estimate of drug-likeness (QED) is 0.435. The van der Waals surface area contributed by atoms with Crippen LogP contribution in [0.2, 0.25) is 0 Å². The number of hydrogen-bond acceptors (Lipinski definition) is 4. The van der Waals surface area contributed by atoms with Crippen LogP contribution >= 0.6 is 0 Å². The largest absolute Gasteiger partial charge is 0.497 e. The first-order valence-corrected chi connectivity index (χ1v) is 12.7. The lowest BCUT2D eigenvalue weighted by molar-refractivity contribution is -0.142. The summed E-state index contributed by atoms with van der Waals surface area (Å²) in [6.07, 6.45) is 2.15. The van der Waals surface area contributed by atoms with Crippen LogP contribution in [0, 0.1) is 18.8 Å². The van der Waals surface area contributed by atoms with Crippen molar-refractivity contribution in [3.05, 3.63) is 107 Å². The second-order valence-corrected chi connectivity index (χ2v) is 10.3. The lowest BCUT2D eigenvalue weighted by Gasteiger charge is -2.35. The van der Waals surface area contributed by atoms with E-state index in [9.17, 15) is 9.59 Å². The number of carbonyl (C=O) groups excluding carboxylic acids is 2. The van der Waals surface area contributed by atoms with Gasteiger partial charge in [0.05, 0.1) is 18.5 Å². The number of aryl methyl sites for hydroxylation is 1. The number of rotatable bonds is 5. The highest BCUT2D eigenvalue weighted by Gasteiger charge is 2.65. The molecule has 6 nitrogen and oxygen atoms in total. The van der Waals surface area contributed by atoms with Gasteiger partial charge in [0.15, 0.2) is 0 Å². The SMILES string of the molecule is COc1ccc(CN2C(=O)[C@H]3C[C@@]24OC(=O)N(c2ccc(C)cc2)C4=C[C@H](c2ccccc2)[C@H]3C)cc1. The Morgan fingerprint density at radius 3 is 2.35 bits per heavy atom. The van der Waals surface area contributed by atoms with Crippen molar-refractivity contribution < 1.29 is 19.1 Å². The average Bonchev–Trinajstić information content (AvgIpc) is 3.30. The van der Waals surface area contributed by atoms with Crippen molar-refractivity contribution in [2.24, 2.45) is 11.8 Å². The summed E-state index contributed by atoms with van der Waals surface area (Å²) in [5.74, 6) is 0.501. The minimum atomic E-state index is -1.15. The van der Waals surface area contributed by atoms with E-state index in [2.05, 4.69) is 25.1 Å². The Labute approximate surface area is 217 Å². The van der Waals surface area contributed by atoms with Gasteiger partial charge in [-0.3, -0.25) is 9.69 Å². The first-order valence-electron chi connectivity index (χ1n) is 12.7. The van der Waals surface area contributed by atoms with Crippen LogP contribution in [0.5, 0.6) is 5.75 Å². The average molecular weight is 495 g/mol. The number of likely N-dealkylation sites (tertiary alicyclic amines) is 1. The molecule has 0 aromatic heterocycles. The number of anilines is 1. The molecule has 2 aliphatic heterocycles. The van der Waals surface area contributed by atoms with Crippen LogP contribution in [0.15, 0.2) is 90.6 Å². The Balaban J connectivity index is 1.50. The van der Waals surface area contributed by atoms with Crippen molar-refractivity contribution in [1.29, 1.82) is 0 Å². The van der Waals surface area contributed by atoms with Crippen LogP contribution in [0.3, 0.4) is 0 Å². The highest BCUT2D eigenvalue weighted by Crippen LogP contribution is 2.55. The molecule has 0 radical (unpaired) electrons. The molecule has 6 heteroatoms. The molecule has 0 saturated carbocycles. The van der Waals surface area contributed by atoms with E-state index in [4.69, 9.17) is 9.47 Å². The Morgan fingerprint density at radius 2 is 1.68 bits per heavy atom. The van der Waals surface area contributed by atoms with Gasteiger partial charge in [-0.2, -0.15) is 0 Å². The van der Waals surface area contributed by atoms with Crippen LogP contribution in [-0.2, 0) is 16.1 Å². The third kappa shape index (κ3) is 3.70. The maximum atomic E-state index is 14.1. The molecule has 2 amide bonds. The molecule has 0 unspecified atom stereocenters. The highest BCUT2D eigenvalue weighted by atomic mass is 16.6. The van der Waals surface area contributed by atoms with Gasteiger partial charge in [0, 0.05) is 24.8 Å². The molecule has 188 valence electrons. The van der Waals surface area contributed by atoms with E-state index in [0.29, 0.717) is 13.0 Å². The van der Waals surface area contributed by atoms with Gasteiger partial charge in [0.1, 0.15) is 5.75 Å². The van der Waals surface area contributed by atoms with E-state index in [-0.39, 0.29) is 23.7 Å². The molecule has 2 fully saturated rings. The summed E-state index contributed by atoms with van der Waals surface area (Å²) in [6.45, 7) is 4.50. The van der Waals surface area contributed by atoms with E-state index in [1.165, 1.54) is 0 Å². The molecule has 3 aromatic rings. The van der Waals surface area contributed by atoms with Crippen molar-refractivity contribution in [2.75, 3.05) is 12.0 Å². The van der Waals surface area contributed by atoms with Crippen LogP contribution in [0.1, 0.15) is 36.0 Å². The predicted molar refractivity (Wildman–Crippen MR) is 141 cm³/mol. The number of fused-ring (bicyclic) bond motifs is 1. The molecule has 2 bridgehead atoms. The second kappa shape index (κ2) is 8.80. The van der Waals surface area contributed by atoms with Gasteiger partial charge in [-0.05, 0) is 48.2 Å². The molecule has 3 aliphatic rings. The Hall–Kier alpha value is -4.06. The molecular formula is C31H30N2O4. The van der Waals surface area contributed by atoms with Gasteiger partial charge in [0.2, 0.25) is 11.6 Å². The van der Waals surface area contributed by atoms with Gasteiger partial charge in [-0.15, -0.1) is 0 Å². The molecule has 1 spiro atoms. The Bertz CT molecular complexity index is 1370. The Morgan fingerprint density at radius 1 is 0.973 bits per heavy atom. The summed E-state index contributed by atoms with van der Waals surface area (Å²) in [5, 5.41) is 0. The zero-order chi connectivity index (χ0) is 25.7. The number of benzene rings is 3. The number of hydrogen-bond donors (Lipinski definition) is 0. The number of methoxy groups -OCH3 is 1. The fraction of sp³-hybridized carbons (Fsp3) is 0.290. The maximum absolute atomic E-state index is 14.1. The summed E-state index contributed by atoms with van der Waals surface area (Å²) in [5.41, 5.74) is 3.49. The van der Waals surface area contributed by atoms with Crippen molar-refractivity contribution in [2.45, 2.75) is 38.5 Å². The number of ether oxygens (including phenoxy) is 2. The number of amides is 2. The summed E-state index contributed by atoms with van der Waals surface area (Å²) in [7, 11) is 1.63. The lowest BCUT2D eigenvalue weighted by atomic mass is 9.79. The third-order valence-electron chi connectivity index (χ3n) is 8.11. The number of nitrogens with zero attached hydrogens (tertiary/aromatic N) is 2. The monoisotopic (exact) mass is 494 g/mol.